The fourth-order valence-electron chi connectivity index (χ4n) is 2.32. The molecule has 0 saturated carbocycles. The minimum absolute atomic E-state index is 0. The molecule has 4 atom stereocenters. The molecule has 3 rings (SSSR count). The van der Waals surface area contributed by atoms with Gasteiger partial charge in [-0.15, -0.1) is 0 Å². The Kier molecular flexibility index (Phi) is 5.98. The molecular weight excluding hydrogens is 356 g/mol. The van der Waals surface area contributed by atoms with Crippen LogP contribution in [0.25, 0.3) is 11.2 Å². The average Bonchev–Trinajstić information content (AvgIpc) is 3.01. The number of aliphatic hydroxyl groups is 2. The van der Waals surface area contributed by atoms with E-state index in [2.05, 4.69) is 19.5 Å². The van der Waals surface area contributed by atoms with Crippen LogP contribution in [-0.2, 0) is 13.8 Å². The zero-order valence-corrected chi connectivity index (χ0v) is 15.3. The summed E-state index contributed by atoms with van der Waals surface area (Å²) in [7, 11) is -5.22. The van der Waals surface area contributed by atoms with Crippen molar-refractivity contribution in [2.24, 2.45) is 0 Å². The predicted molar refractivity (Wildman–Crippen MR) is 69.2 cm³/mol. The van der Waals surface area contributed by atoms with Crippen molar-refractivity contribution in [2.45, 2.75) is 24.5 Å². The normalized spacial score (nSPS) is 27.3. The van der Waals surface area contributed by atoms with E-state index in [1.807, 2.05) is 0 Å². The van der Waals surface area contributed by atoms with E-state index in [1.54, 1.807) is 0 Å². The van der Waals surface area contributed by atoms with Crippen LogP contribution in [0.1, 0.15) is 6.23 Å². The van der Waals surface area contributed by atoms with Crippen molar-refractivity contribution in [3.63, 3.8) is 0 Å². The number of aromatic nitrogens is 4. The van der Waals surface area contributed by atoms with E-state index >= 15 is 0 Å². The van der Waals surface area contributed by atoms with E-state index in [4.69, 9.17) is 10.5 Å². The van der Waals surface area contributed by atoms with Crippen LogP contribution in [0, 0.1) is 0 Å². The smallest absolute Gasteiger partial charge is 0.790 e. The monoisotopic (exact) mass is 368 g/mol. The van der Waals surface area contributed by atoms with E-state index in [0.717, 1.165) is 0 Å². The van der Waals surface area contributed by atoms with E-state index in [1.165, 1.54) is 17.2 Å². The second kappa shape index (κ2) is 7.30. The van der Waals surface area contributed by atoms with Crippen LogP contribution in [0.5, 0.6) is 0 Å². The van der Waals surface area contributed by atoms with Crippen LogP contribution in [-0.4, -0.2) is 54.7 Å². The fraction of sp³-hybridized carbons (Fsp3) is 0.500. The molecule has 0 radical (unpaired) electrons. The first-order valence-electron chi connectivity index (χ1n) is 6.39. The number of imidazole rings is 1. The van der Waals surface area contributed by atoms with E-state index in [9.17, 15) is 24.6 Å². The van der Waals surface area contributed by atoms with Crippen molar-refractivity contribution >= 4 is 24.8 Å². The van der Waals surface area contributed by atoms with Crippen molar-refractivity contribution in [1.82, 2.24) is 19.5 Å². The molecule has 14 heteroatoms. The molecule has 1 unspecified atom stereocenters. The summed E-state index contributed by atoms with van der Waals surface area (Å²) in [6.45, 7) is -0.719. The molecule has 1 aliphatic rings. The molecule has 4 N–H and O–H groups in total. The summed E-state index contributed by atoms with van der Waals surface area (Å²) in [6.07, 6.45) is -2.75. The number of fused-ring (bicyclic) bond motifs is 1. The van der Waals surface area contributed by atoms with Crippen LogP contribution in [0.2, 0.25) is 0 Å². The number of phosphoric acid groups is 1. The molecule has 0 bridgehead atoms. The number of hydrogen-bond acceptors (Lipinski definition) is 11. The molecule has 12 nitrogen and oxygen atoms in total. The number of nitrogen functional groups attached to an aromatic ring is 1. The van der Waals surface area contributed by atoms with Gasteiger partial charge in [0, 0.05) is 0 Å². The van der Waals surface area contributed by atoms with Crippen molar-refractivity contribution in [3.05, 3.63) is 12.7 Å². The van der Waals surface area contributed by atoms with Crippen LogP contribution < -0.4 is 45.1 Å². The van der Waals surface area contributed by atoms with Crippen molar-refractivity contribution in [1.29, 1.82) is 0 Å². The molecule has 126 valence electrons. The van der Waals surface area contributed by atoms with Crippen LogP contribution in [0.15, 0.2) is 12.7 Å². The number of hydrogen-bond donors (Lipinski definition) is 3. The van der Waals surface area contributed by atoms with E-state index < -0.39 is 39.0 Å². The van der Waals surface area contributed by atoms with Gasteiger partial charge in [0.05, 0.1) is 20.8 Å². The van der Waals surface area contributed by atoms with Gasteiger partial charge in [0.25, 0.3) is 0 Å². The Morgan fingerprint density at radius 2 is 2.04 bits per heavy atom. The summed E-state index contributed by atoms with van der Waals surface area (Å²) in [5.74, 6) is 0.125. The molecule has 1 fully saturated rings. The molecule has 1 saturated heterocycles. The third-order valence-electron chi connectivity index (χ3n) is 3.40. The van der Waals surface area contributed by atoms with Gasteiger partial charge in [-0.3, -0.25) is 4.57 Å². The first-order valence-corrected chi connectivity index (χ1v) is 7.85. The van der Waals surface area contributed by atoms with E-state index in [-0.39, 0.29) is 46.5 Å². The number of aliphatic hydroxyl groups excluding tert-OH is 2. The summed E-state index contributed by atoms with van der Waals surface area (Å²) < 4.78 is 21.3. The Labute approximate surface area is 157 Å². The third kappa shape index (κ3) is 3.78. The summed E-state index contributed by atoms with van der Waals surface area (Å²) in [5, 5.41) is 20.0. The van der Waals surface area contributed by atoms with Gasteiger partial charge in [-0.25, -0.2) is 15.0 Å². The Bertz CT molecular complexity index is 769. The Morgan fingerprint density at radius 1 is 1.33 bits per heavy atom. The van der Waals surface area contributed by atoms with Crippen molar-refractivity contribution in [3.8, 4) is 0 Å². The number of nitrogens with two attached hydrogens (primary N) is 1. The van der Waals surface area contributed by atoms with Crippen LogP contribution in [0.4, 0.5) is 5.82 Å². The quantitative estimate of drug-likeness (QED) is 0.343. The minimum Gasteiger partial charge on any atom is -0.790 e. The standard InChI is InChI=1S/C10H14N5O7P.Na/c11-8-5-9(13-2-12-8)15(3-14-5)10-7(17)6(16)4(22-10)1-21-23(18,19)20;/h2-4,6-7,10,16-17H,1H2,(H2,11,12,13)(H2,18,19,20);/q;+1/p-2/t4-,6+,7?,10-;/m1./s1. The maximum Gasteiger partial charge on any atom is 1.00 e. The summed E-state index contributed by atoms with van der Waals surface area (Å²) in [4.78, 5) is 32.8. The van der Waals surface area contributed by atoms with Gasteiger partial charge in [-0.05, 0) is 0 Å². The average molecular weight is 368 g/mol. The number of ether oxygens (including phenoxy) is 1. The third-order valence-corrected chi connectivity index (χ3v) is 3.86. The van der Waals surface area contributed by atoms with Gasteiger partial charge in [-0.1, -0.05) is 0 Å². The Hall–Kier alpha value is -0.660. The van der Waals surface area contributed by atoms with E-state index in [0.29, 0.717) is 0 Å². The van der Waals surface area contributed by atoms with Crippen molar-refractivity contribution in [2.75, 3.05) is 12.3 Å². The number of rotatable bonds is 4. The molecule has 0 spiro atoms. The zero-order valence-electron chi connectivity index (χ0n) is 12.4. The first-order chi connectivity index (χ1) is 10.8. The Balaban J connectivity index is 0.00000208. The number of anilines is 1. The largest absolute Gasteiger partial charge is 1.00 e. The van der Waals surface area contributed by atoms with Gasteiger partial charge in [0.1, 0.15) is 30.2 Å². The van der Waals surface area contributed by atoms with Gasteiger partial charge < -0.3 is 39.6 Å². The van der Waals surface area contributed by atoms with Crippen molar-refractivity contribution < 1.29 is 63.4 Å². The molecule has 0 amide bonds. The second-order valence-corrected chi connectivity index (χ2v) is 6.02. The number of nitrogens with zero attached hydrogens (tertiary/aromatic N) is 4. The molecule has 3 heterocycles. The molecule has 2 aromatic heterocycles. The summed E-state index contributed by atoms with van der Waals surface area (Å²) in [5.41, 5.74) is 6.19. The summed E-state index contributed by atoms with van der Waals surface area (Å²) >= 11 is 0. The van der Waals surface area contributed by atoms with Gasteiger partial charge >= 0.3 is 29.6 Å². The zero-order chi connectivity index (χ0) is 16.8. The molecule has 0 aliphatic carbocycles. The topological polar surface area (TPSA) is 192 Å². The summed E-state index contributed by atoms with van der Waals surface area (Å²) in [6, 6.07) is 0. The van der Waals surface area contributed by atoms with Crippen LogP contribution in [0.3, 0.4) is 0 Å². The Morgan fingerprint density at radius 3 is 2.71 bits per heavy atom. The van der Waals surface area contributed by atoms with Gasteiger partial charge in [0.15, 0.2) is 17.7 Å². The fourth-order valence-corrected chi connectivity index (χ4v) is 2.65. The minimum atomic E-state index is -5.22. The molecule has 2 aromatic rings. The predicted octanol–water partition coefficient (Wildman–Crippen LogP) is -6.12. The number of phosphoric ester groups is 1. The SMILES string of the molecule is Nc1ncnc2c1ncn2[C@@H]1O[C@H](COP(=O)([O-])[O-])[C@H](O)C1O.[Na+]. The van der Waals surface area contributed by atoms with Gasteiger partial charge in [-0.2, -0.15) is 0 Å². The van der Waals surface area contributed by atoms with Gasteiger partial charge in [0.2, 0.25) is 0 Å². The maximum atomic E-state index is 10.5. The molecular formula is C10H12N5NaO7P-. The first kappa shape index (κ1) is 19.7. The molecule has 24 heavy (non-hydrogen) atoms. The van der Waals surface area contributed by atoms with Crippen LogP contribution >= 0.6 is 7.82 Å². The second-order valence-electron chi connectivity index (χ2n) is 4.87. The molecule has 1 aliphatic heterocycles. The maximum absolute atomic E-state index is 10.5. The molecule has 0 aromatic carbocycles.